The maximum Gasteiger partial charge on any atom is 0.257 e. The summed E-state index contributed by atoms with van der Waals surface area (Å²) >= 11 is 0. The lowest BCUT2D eigenvalue weighted by molar-refractivity contribution is -0.938. The number of carbonyl (C=O) groups excluding carboxylic acids is 1. The summed E-state index contributed by atoms with van der Waals surface area (Å²) in [6, 6.07) is 16.8. The second-order valence-corrected chi connectivity index (χ2v) is 11.5. The van der Waals surface area contributed by atoms with Gasteiger partial charge in [0.15, 0.2) is 0 Å². The Hall–Kier alpha value is -2.57. The van der Waals surface area contributed by atoms with Crippen molar-refractivity contribution in [1.29, 1.82) is 0 Å². The summed E-state index contributed by atoms with van der Waals surface area (Å²) in [5, 5.41) is 1.95. The molecule has 1 aliphatic rings. The summed E-state index contributed by atoms with van der Waals surface area (Å²) < 4.78 is 12.3. The molecule has 0 saturated heterocycles. The van der Waals surface area contributed by atoms with Crippen molar-refractivity contribution in [3.63, 3.8) is 0 Å². The van der Waals surface area contributed by atoms with E-state index < -0.39 is 0 Å². The minimum absolute atomic E-state index is 0. The van der Waals surface area contributed by atoms with E-state index in [4.69, 9.17) is 9.47 Å². The van der Waals surface area contributed by atoms with Gasteiger partial charge >= 0.3 is 0 Å². The second-order valence-electron chi connectivity index (χ2n) is 11.5. The Labute approximate surface area is 251 Å². The number of quaternary nitrogens is 1. The number of unbranched alkanes of at least 4 members (excludes halogenated alkanes) is 1. The van der Waals surface area contributed by atoms with Gasteiger partial charge in [-0.05, 0) is 82.9 Å². The predicted octanol–water partition coefficient (Wildman–Crippen LogP) is 4.17. The van der Waals surface area contributed by atoms with Crippen LogP contribution in [0.1, 0.15) is 66.6 Å². The molecule has 3 aromatic rings. The molecular formula is C34H47BrN2O3. The van der Waals surface area contributed by atoms with Crippen LogP contribution in [0, 0.1) is 19.8 Å². The number of carbonyl (C=O) groups is 1. The fourth-order valence-corrected chi connectivity index (χ4v) is 5.99. The number of benzene rings is 3. The van der Waals surface area contributed by atoms with Crippen molar-refractivity contribution in [3.8, 4) is 11.5 Å². The molecule has 0 spiro atoms. The number of halogens is 1. The number of nitrogens with zero attached hydrogens (tertiary/aromatic N) is 2. The monoisotopic (exact) mass is 610 g/mol. The highest BCUT2D eigenvalue weighted by Gasteiger charge is 2.29. The SMILES string of the molecule is CC[N+](CC)(CCCCN(CC1CC1)C(=O)c1cc2cccc(OC)c2cc1OC)Cc1cc(C)cc(C)c1.[Br-]. The molecule has 3 aromatic carbocycles. The molecule has 40 heavy (non-hydrogen) atoms. The zero-order valence-electron chi connectivity index (χ0n) is 25.3. The fraction of sp³-hybridized carbons (Fsp3) is 0.500. The topological polar surface area (TPSA) is 38.8 Å². The highest BCUT2D eigenvalue weighted by atomic mass is 79.9. The molecule has 0 aromatic heterocycles. The normalized spacial score (nSPS) is 13.2. The van der Waals surface area contributed by atoms with Gasteiger partial charge in [0.1, 0.15) is 18.0 Å². The molecule has 4 rings (SSSR count). The number of hydrogen-bond donors (Lipinski definition) is 0. The van der Waals surface area contributed by atoms with E-state index in [1.165, 1.54) is 29.5 Å². The summed E-state index contributed by atoms with van der Waals surface area (Å²) in [5.41, 5.74) is 4.75. The van der Waals surface area contributed by atoms with Crippen molar-refractivity contribution in [2.75, 3.05) is 46.9 Å². The lowest BCUT2D eigenvalue weighted by Crippen LogP contribution is -3.00. The van der Waals surface area contributed by atoms with E-state index in [0.29, 0.717) is 17.2 Å². The van der Waals surface area contributed by atoms with Crippen molar-refractivity contribution in [2.24, 2.45) is 5.92 Å². The summed E-state index contributed by atoms with van der Waals surface area (Å²) in [5.74, 6) is 2.10. The van der Waals surface area contributed by atoms with Crippen molar-refractivity contribution in [1.82, 2.24) is 4.90 Å². The maximum atomic E-state index is 13.9. The summed E-state index contributed by atoms with van der Waals surface area (Å²) in [6.45, 7) is 15.1. The molecule has 0 heterocycles. The van der Waals surface area contributed by atoms with Crippen LogP contribution in [0.3, 0.4) is 0 Å². The smallest absolute Gasteiger partial charge is 0.257 e. The summed E-state index contributed by atoms with van der Waals surface area (Å²) in [6.07, 6.45) is 4.55. The van der Waals surface area contributed by atoms with Gasteiger partial charge in [-0.3, -0.25) is 4.79 Å². The van der Waals surface area contributed by atoms with Gasteiger partial charge in [-0.2, -0.15) is 0 Å². The highest BCUT2D eigenvalue weighted by Crippen LogP contribution is 2.34. The number of rotatable bonds is 14. The molecule has 6 heteroatoms. The van der Waals surface area contributed by atoms with Crippen LogP contribution in [0.15, 0.2) is 48.5 Å². The van der Waals surface area contributed by atoms with Crippen LogP contribution in [0.4, 0.5) is 0 Å². The third kappa shape index (κ3) is 7.79. The highest BCUT2D eigenvalue weighted by molar-refractivity contribution is 6.02. The number of aryl methyl sites for hydroxylation is 2. The summed E-state index contributed by atoms with van der Waals surface area (Å²) in [4.78, 5) is 16.0. The zero-order chi connectivity index (χ0) is 28.0. The van der Waals surface area contributed by atoms with Crippen LogP contribution in [-0.4, -0.2) is 62.2 Å². The van der Waals surface area contributed by atoms with Crippen LogP contribution < -0.4 is 26.5 Å². The van der Waals surface area contributed by atoms with Crippen LogP contribution in [0.2, 0.25) is 0 Å². The van der Waals surface area contributed by atoms with Gasteiger partial charge in [0.05, 0.1) is 39.4 Å². The van der Waals surface area contributed by atoms with Gasteiger partial charge in [-0.1, -0.05) is 41.5 Å². The molecule has 1 fully saturated rings. The van der Waals surface area contributed by atoms with Gasteiger partial charge in [-0.25, -0.2) is 0 Å². The first-order valence-electron chi connectivity index (χ1n) is 14.7. The minimum atomic E-state index is 0. The quantitative estimate of drug-likeness (QED) is 0.203. The molecule has 5 nitrogen and oxygen atoms in total. The predicted molar refractivity (Wildman–Crippen MR) is 161 cm³/mol. The number of hydrogen-bond acceptors (Lipinski definition) is 3. The van der Waals surface area contributed by atoms with E-state index >= 15 is 0 Å². The fourth-order valence-electron chi connectivity index (χ4n) is 5.99. The number of ether oxygens (including phenoxy) is 2. The van der Waals surface area contributed by atoms with E-state index in [-0.39, 0.29) is 22.9 Å². The van der Waals surface area contributed by atoms with E-state index in [2.05, 4.69) is 50.8 Å². The third-order valence-electron chi connectivity index (χ3n) is 8.53. The Morgan fingerprint density at radius 3 is 2.20 bits per heavy atom. The van der Waals surface area contributed by atoms with Crippen LogP contribution >= 0.6 is 0 Å². The lowest BCUT2D eigenvalue weighted by atomic mass is 10.0. The summed E-state index contributed by atoms with van der Waals surface area (Å²) in [7, 11) is 3.31. The average Bonchev–Trinajstić information content (AvgIpc) is 3.76. The van der Waals surface area contributed by atoms with Crippen molar-refractivity contribution in [3.05, 3.63) is 70.8 Å². The Morgan fingerprint density at radius 2 is 1.60 bits per heavy atom. The van der Waals surface area contributed by atoms with E-state index in [1.807, 2.05) is 30.3 Å². The molecule has 1 saturated carbocycles. The lowest BCUT2D eigenvalue weighted by Gasteiger charge is -2.37. The zero-order valence-corrected chi connectivity index (χ0v) is 26.9. The van der Waals surface area contributed by atoms with E-state index in [0.717, 1.165) is 73.1 Å². The average molecular weight is 612 g/mol. The third-order valence-corrected chi connectivity index (χ3v) is 8.53. The first-order valence-corrected chi connectivity index (χ1v) is 14.7. The molecule has 0 aliphatic heterocycles. The van der Waals surface area contributed by atoms with Crippen LogP contribution in [-0.2, 0) is 6.54 Å². The molecule has 0 atom stereocenters. The molecule has 218 valence electrons. The second kappa shape index (κ2) is 14.4. The van der Waals surface area contributed by atoms with Gasteiger partial charge < -0.3 is 35.8 Å². The molecule has 0 bridgehead atoms. The Bertz CT molecular complexity index is 1260. The van der Waals surface area contributed by atoms with E-state index in [1.54, 1.807) is 14.2 Å². The van der Waals surface area contributed by atoms with Gasteiger partial charge in [0.2, 0.25) is 0 Å². The van der Waals surface area contributed by atoms with Gasteiger partial charge in [0, 0.05) is 24.0 Å². The first-order chi connectivity index (χ1) is 18.8. The Morgan fingerprint density at radius 1 is 0.925 bits per heavy atom. The Kier molecular flexibility index (Phi) is 11.5. The minimum Gasteiger partial charge on any atom is -1.00 e. The number of methoxy groups -OCH3 is 2. The van der Waals surface area contributed by atoms with Crippen molar-refractivity contribution >= 4 is 16.7 Å². The first kappa shape index (κ1) is 32.0. The van der Waals surface area contributed by atoms with Crippen LogP contribution in [0.5, 0.6) is 11.5 Å². The molecule has 1 aliphatic carbocycles. The maximum absolute atomic E-state index is 13.9. The molecular weight excluding hydrogens is 564 g/mol. The van der Waals surface area contributed by atoms with Crippen molar-refractivity contribution < 1.29 is 35.7 Å². The van der Waals surface area contributed by atoms with Crippen molar-refractivity contribution in [2.45, 2.75) is 59.9 Å². The van der Waals surface area contributed by atoms with Gasteiger partial charge in [-0.15, -0.1) is 0 Å². The van der Waals surface area contributed by atoms with E-state index in [9.17, 15) is 4.79 Å². The van der Waals surface area contributed by atoms with Gasteiger partial charge in [0.25, 0.3) is 5.91 Å². The molecule has 0 N–H and O–H groups in total. The molecule has 1 amide bonds. The number of amides is 1. The Balaban J connectivity index is 0.00000441. The largest absolute Gasteiger partial charge is 1.00 e. The number of fused-ring (bicyclic) bond motifs is 1. The molecule has 0 radical (unpaired) electrons. The standard InChI is InChI=1S/C34H47N2O3.BrH/c1-7-36(8-2,24-28-19-25(3)18-26(4)20-28)17-10-9-16-35(23-27-14-15-27)34(37)31-21-29-12-11-13-32(38-5)30(29)22-33(31)39-6;/h11-13,18-22,27H,7-10,14-17,23-24H2,1-6H3;1H/q+1;/p-1. The molecule has 0 unspecified atom stereocenters. The van der Waals surface area contributed by atoms with Crippen LogP contribution in [0.25, 0.3) is 10.8 Å².